The lowest BCUT2D eigenvalue weighted by Crippen LogP contribution is -2.50. The van der Waals surface area contributed by atoms with Gasteiger partial charge in [-0.05, 0) is 44.9 Å². The summed E-state index contributed by atoms with van der Waals surface area (Å²) < 4.78 is 69.6. The van der Waals surface area contributed by atoms with Crippen LogP contribution in [-0.2, 0) is 11.2 Å². The number of aromatic amines is 1. The third kappa shape index (κ3) is 6.10. The molecule has 4 rings (SSSR count). The van der Waals surface area contributed by atoms with Crippen molar-refractivity contribution in [3.8, 4) is 5.75 Å². The van der Waals surface area contributed by atoms with Gasteiger partial charge in [0.1, 0.15) is 29.7 Å². The summed E-state index contributed by atoms with van der Waals surface area (Å²) in [6.07, 6.45) is 1.01. The highest BCUT2D eigenvalue weighted by Crippen LogP contribution is 2.43. The number of para-hydroxylation sites is 1. The molecule has 9 heteroatoms. The van der Waals surface area contributed by atoms with Crippen LogP contribution < -0.4 is 10.1 Å². The molecule has 37 heavy (non-hydrogen) atoms. The van der Waals surface area contributed by atoms with Gasteiger partial charge < -0.3 is 19.8 Å². The van der Waals surface area contributed by atoms with Crippen molar-refractivity contribution in [3.63, 3.8) is 0 Å². The van der Waals surface area contributed by atoms with Crippen LogP contribution >= 0.6 is 0 Å². The highest BCUT2D eigenvalue weighted by molar-refractivity contribution is 5.85. The molecule has 3 aromatic rings. The molecule has 0 saturated heterocycles. The monoisotopic (exact) mass is 521 g/mol. The average molecular weight is 522 g/mol. The molecule has 2 N–H and O–H groups in total. The molecule has 5 nitrogen and oxygen atoms in total. The molecule has 2 aromatic carbocycles. The number of rotatable bonds is 12. The lowest BCUT2D eigenvalue weighted by Gasteiger charge is -2.43. The van der Waals surface area contributed by atoms with Gasteiger partial charge >= 0.3 is 0 Å². The predicted molar refractivity (Wildman–Crippen MR) is 137 cm³/mol. The standard InChI is InChI=1S/C28H35F4N3O2/c1-18-13-21-20-7-4-5-8-24(20)34-26(21)27(35(18)16-28(2,32)17-36-3)25-22(30)14-19(15-23(25)31)37-12-11-33-10-6-9-29/h4-5,7-8,14-15,18,27,33-34H,6,9-13,16-17H2,1-3H3/t18-,27-,28?/m1/s1. The fourth-order valence-electron chi connectivity index (χ4n) is 5.26. The summed E-state index contributed by atoms with van der Waals surface area (Å²) in [6.45, 7) is 3.87. The van der Waals surface area contributed by atoms with Crippen molar-refractivity contribution in [1.82, 2.24) is 15.2 Å². The molecule has 1 aliphatic rings. The van der Waals surface area contributed by atoms with Crippen LogP contribution in [0.5, 0.6) is 5.75 Å². The summed E-state index contributed by atoms with van der Waals surface area (Å²) in [7, 11) is 1.43. The largest absolute Gasteiger partial charge is 0.492 e. The third-order valence-corrected chi connectivity index (χ3v) is 6.84. The molecule has 1 aromatic heterocycles. The van der Waals surface area contributed by atoms with Gasteiger partial charge in [-0.1, -0.05) is 18.2 Å². The summed E-state index contributed by atoms with van der Waals surface area (Å²) in [6, 6.07) is 9.03. The molecule has 0 saturated carbocycles. The van der Waals surface area contributed by atoms with Gasteiger partial charge in [0, 0.05) is 60.5 Å². The van der Waals surface area contributed by atoms with E-state index >= 15 is 13.2 Å². The minimum atomic E-state index is -1.73. The Bertz CT molecular complexity index is 1180. The molecular weight excluding hydrogens is 486 g/mol. The highest BCUT2D eigenvalue weighted by Gasteiger charge is 2.42. The summed E-state index contributed by atoms with van der Waals surface area (Å²) in [5, 5.41) is 4.00. The Morgan fingerprint density at radius 2 is 1.89 bits per heavy atom. The van der Waals surface area contributed by atoms with Crippen LogP contribution in [0.1, 0.15) is 43.1 Å². The van der Waals surface area contributed by atoms with Gasteiger partial charge in [-0.2, -0.15) is 0 Å². The van der Waals surface area contributed by atoms with E-state index in [1.165, 1.54) is 26.2 Å². The first-order chi connectivity index (χ1) is 17.8. The maximum Gasteiger partial charge on any atom is 0.144 e. The first kappa shape index (κ1) is 27.4. The second-order valence-electron chi connectivity index (χ2n) is 9.98. The van der Waals surface area contributed by atoms with Gasteiger partial charge in [-0.25, -0.2) is 13.2 Å². The van der Waals surface area contributed by atoms with Crippen molar-refractivity contribution in [2.45, 2.75) is 44.4 Å². The van der Waals surface area contributed by atoms with E-state index in [2.05, 4.69) is 10.3 Å². The number of ether oxygens (including phenoxy) is 2. The second-order valence-corrected chi connectivity index (χ2v) is 9.98. The Kier molecular flexibility index (Phi) is 8.77. The summed E-state index contributed by atoms with van der Waals surface area (Å²) in [5.41, 5.74) is 0.635. The van der Waals surface area contributed by atoms with E-state index in [4.69, 9.17) is 9.47 Å². The van der Waals surface area contributed by atoms with Gasteiger partial charge in [0.05, 0.1) is 19.3 Å². The predicted octanol–water partition coefficient (Wildman–Crippen LogP) is 5.48. The van der Waals surface area contributed by atoms with Crippen LogP contribution in [0, 0.1) is 11.6 Å². The van der Waals surface area contributed by atoms with Crippen molar-refractivity contribution in [3.05, 3.63) is 64.9 Å². The number of nitrogens with zero attached hydrogens (tertiary/aromatic N) is 1. The summed E-state index contributed by atoms with van der Waals surface area (Å²) >= 11 is 0. The number of nitrogens with one attached hydrogen (secondary N) is 2. The number of fused-ring (bicyclic) bond motifs is 3. The lowest BCUT2D eigenvalue weighted by atomic mass is 9.87. The molecule has 0 amide bonds. The number of hydrogen-bond donors (Lipinski definition) is 2. The highest BCUT2D eigenvalue weighted by atomic mass is 19.1. The van der Waals surface area contributed by atoms with Gasteiger partial charge in [-0.3, -0.25) is 9.29 Å². The smallest absolute Gasteiger partial charge is 0.144 e. The number of methoxy groups -OCH3 is 1. The molecule has 0 spiro atoms. The fraction of sp³-hybridized carbons (Fsp3) is 0.500. The van der Waals surface area contributed by atoms with Crippen molar-refractivity contribution < 1.29 is 27.0 Å². The Morgan fingerprint density at radius 3 is 2.59 bits per heavy atom. The number of hydrogen-bond acceptors (Lipinski definition) is 4. The number of halogens is 4. The minimum absolute atomic E-state index is 0.0630. The van der Waals surface area contributed by atoms with Gasteiger partial charge in [0.2, 0.25) is 0 Å². The van der Waals surface area contributed by atoms with E-state index in [-0.39, 0.29) is 37.1 Å². The Hall–Kier alpha value is -2.62. The third-order valence-electron chi connectivity index (χ3n) is 6.84. The molecule has 202 valence electrons. The first-order valence-corrected chi connectivity index (χ1v) is 12.7. The quantitative estimate of drug-likeness (QED) is 0.245. The second kappa shape index (κ2) is 11.8. The van der Waals surface area contributed by atoms with E-state index in [1.807, 2.05) is 36.1 Å². The van der Waals surface area contributed by atoms with E-state index in [0.29, 0.717) is 31.6 Å². The van der Waals surface area contributed by atoms with Crippen molar-refractivity contribution in [1.29, 1.82) is 0 Å². The van der Waals surface area contributed by atoms with E-state index in [0.717, 1.165) is 16.5 Å². The molecule has 1 unspecified atom stereocenters. The molecule has 3 atom stereocenters. The molecule has 0 aliphatic carbocycles. The van der Waals surface area contributed by atoms with Crippen molar-refractivity contribution in [2.75, 3.05) is 46.6 Å². The van der Waals surface area contributed by atoms with Crippen LogP contribution in [-0.4, -0.2) is 68.2 Å². The maximum atomic E-state index is 15.7. The minimum Gasteiger partial charge on any atom is -0.492 e. The van der Waals surface area contributed by atoms with Crippen LogP contribution in [0.25, 0.3) is 10.9 Å². The molecule has 1 aliphatic heterocycles. The Labute approximate surface area is 215 Å². The van der Waals surface area contributed by atoms with E-state index in [9.17, 15) is 4.39 Å². The molecular formula is C28H35F4N3O2. The van der Waals surface area contributed by atoms with Crippen LogP contribution in [0.3, 0.4) is 0 Å². The Balaban J connectivity index is 1.70. The first-order valence-electron chi connectivity index (χ1n) is 12.7. The maximum absolute atomic E-state index is 15.7. The molecule has 0 bridgehead atoms. The van der Waals surface area contributed by atoms with Crippen LogP contribution in [0.4, 0.5) is 17.6 Å². The van der Waals surface area contributed by atoms with E-state index < -0.39 is 30.0 Å². The van der Waals surface area contributed by atoms with Crippen LogP contribution in [0.15, 0.2) is 36.4 Å². The van der Waals surface area contributed by atoms with E-state index in [1.54, 1.807) is 0 Å². The van der Waals surface area contributed by atoms with Crippen molar-refractivity contribution >= 4 is 10.9 Å². The number of H-pyrrole nitrogens is 1. The zero-order valence-electron chi connectivity index (χ0n) is 21.6. The van der Waals surface area contributed by atoms with Gasteiger partial charge in [0.15, 0.2) is 0 Å². The molecule has 0 radical (unpaired) electrons. The zero-order chi connectivity index (χ0) is 26.6. The summed E-state index contributed by atoms with van der Waals surface area (Å²) in [5.74, 6) is -1.46. The zero-order valence-corrected chi connectivity index (χ0v) is 21.6. The normalized spacial score (nSPS) is 19.6. The van der Waals surface area contributed by atoms with Gasteiger partial charge in [-0.15, -0.1) is 0 Å². The van der Waals surface area contributed by atoms with Crippen molar-refractivity contribution in [2.24, 2.45) is 0 Å². The summed E-state index contributed by atoms with van der Waals surface area (Å²) in [4.78, 5) is 5.18. The van der Waals surface area contributed by atoms with Crippen LogP contribution in [0.2, 0.25) is 0 Å². The molecule has 0 fully saturated rings. The lowest BCUT2D eigenvalue weighted by molar-refractivity contribution is 0.000844. The average Bonchev–Trinajstić information content (AvgIpc) is 3.20. The van der Waals surface area contributed by atoms with Gasteiger partial charge in [0.25, 0.3) is 0 Å². The number of aromatic nitrogens is 1. The SMILES string of the molecule is COCC(C)(F)CN1[C@H](c2c(F)cc(OCCNCCCF)cc2F)c2[nH]c3ccccc3c2C[C@H]1C. The number of alkyl halides is 2. The number of benzene rings is 2. The Morgan fingerprint density at radius 1 is 1.16 bits per heavy atom. The topological polar surface area (TPSA) is 49.5 Å². The fourth-order valence-corrected chi connectivity index (χ4v) is 5.26. The molecule has 2 heterocycles.